The van der Waals surface area contributed by atoms with Gasteiger partial charge < -0.3 is 10.2 Å². The fraction of sp³-hybridized carbons (Fsp3) is 0.579. The molecule has 0 aromatic heterocycles. The van der Waals surface area contributed by atoms with Crippen molar-refractivity contribution >= 4 is 11.8 Å². The van der Waals surface area contributed by atoms with Crippen LogP contribution >= 0.6 is 0 Å². The van der Waals surface area contributed by atoms with E-state index in [1.807, 2.05) is 4.90 Å². The highest BCUT2D eigenvalue weighted by atomic mass is 16.2. The number of hydrogen-bond donors (Lipinski definition) is 1. The van der Waals surface area contributed by atoms with Crippen molar-refractivity contribution in [2.75, 3.05) is 19.6 Å². The quantitative estimate of drug-likeness (QED) is 0.815. The molecular weight excluding hydrogens is 288 g/mol. The molecule has 0 atom stereocenters. The van der Waals surface area contributed by atoms with Gasteiger partial charge in [0.15, 0.2) is 0 Å². The number of rotatable bonds is 6. The van der Waals surface area contributed by atoms with Crippen molar-refractivity contribution in [1.29, 1.82) is 0 Å². The Hall–Kier alpha value is -1.84. The smallest absolute Gasteiger partial charge is 0.253 e. The lowest BCUT2D eigenvalue weighted by Crippen LogP contribution is -2.32. The fourth-order valence-electron chi connectivity index (χ4n) is 2.93. The molecule has 2 amide bonds. The number of nitrogens with one attached hydrogen (secondary N) is 1. The molecule has 0 aliphatic carbocycles. The summed E-state index contributed by atoms with van der Waals surface area (Å²) < 4.78 is 0. The molecule has 23 heavy (non-hydrogen) atoms. The number of likely N-dealkylation sites (tertiary alicyclic amines) is 1. The molecule has 126 valence electrons. The van der Waals surface area contributed by atoms with Crippen molar-refractivity contribution in [3.63, 3.8) is 0 Å². The molecular formula is C19H28N2O2. The van der Waals surface area contributed by atoms with Crippen LogP contribution in [0, 0.1) is 0 Å². The summed E-state index contributed by atoms with van der Waals surface area (Å²) >= 11 is 0. The lowest BCUT2D eigenvalue weighted by molar-refractivity contribution is 0.0761. The zero-order valence-corrected chi connectivity index (χ0v) is 14.1. The molecule has 1 N–H and O–H groups in total. The molecule has 4 nitrogen and oxygen atoms in total. The average molecular weight is 316 g/mol. The highest BCUT2D eigenvalue weighted by Crippen LogP contribution is 2.14. The monoisotopic (exact) mass is 316 g/mol. The summed E-state index contributed by atoms with van der Waals surface area (Å²) in [6.07, 6.45) is 7.79. The van der Waals surface area contributed by atoms with E-state index < -0.39 is 0 Å². The predicted molar refractivity (Wildman–Crippen MR) is 92.7 cm³/mol. The molecule has 1 aliphatic heterocycles. The van der Waals surface area contributed by atoms with Gasteiger partial charge in [0.1, 0.15) is 0 Å². The van der Waals surface area contributed by atoms with Gasteiger partial charge in [-0.05, 0) is 37.5 Å². The first-order valence-electron chi connectivity index (χ1n) is 8.90. The second kappa shape index (κ2) is 9.33. The molecule has 1 saturated heterocycles. The van der Waals surface area contributed by atoms with Crippen LogP contribution in [0.25, 0.3) is 0 Å². The number of benzene rings is 1. The molecule has 0 radical (unpaired) electrons. The van der Waals surface area contributed by atoms with Crippen molar-refractivity contribution in [3.8, 4) is 0 Å². The van der Waals surface area contributed by atoms with Gasteiger partial charge in [-0.15, -0.1) is 0 Å². The van der Waals surface area contributed by atoms with Crippen LogP contribution in [0.1, 0.15) is 72.6 Å². The summed E-state index contributed by atoms with van der Waals surface area (Å²) in [5, 5.41) is 2.93. The Balaban J connectivity index is 1.97. The maximum Gasteiger partial charge on any atom is 0.253 e. The van der Waals surface area contributed by atoms with Crippen molar-refractivity contribution in [3.05, 3.63) is 35.4 Å². The van der Waals surface area contributed by atoms with Gasteiger partial charge >= 0.3 is 0 Å². The van der Waals surface area contributed by atoms with E-state index in [-0.39, 0.29) is 11.8 Å². The first kappa shape index (κ1) is 17.5. The van der Waals surface area contributed by atoms with Gasteiger partial charge in [0.2, 0.25) is 0 Å². The zero-order chi connectivity index (χ0) is 16.5. The SMILES string of the molecule is CCCCCNC(=O)c1cccc(C(=O)N2CCCCCC2)c1. The molecule has 1 aromatic carbocycles. The summed E-state index contributed by atoms with van der Waals surface area (Å²) in [7, 11) is 0. The maximum absolute atomic E-state index is 12.6. The Bertz CT molecular complexity index is 520. The van der Waals surface area contributed by atoms with Gasteiger partial charge in [-0.25, -0.2) is 0 Å². The Morgan fingerprint density at radius 1 is 1.04 bits per heavy atom. The van der Waals surface area contributed by atoms with E-state index in [9.17, 15) is 9.59 Å². The first-order valence-corrected chi connectivity index (χ1v) is 8.90. The van der Waals surface area contributed by atoms with Crippen LogP contribution < -0.4 is 5.32 Å². The van der Waals surface area contributed by atoms with E-state index in [1.54, 1.807) is 24.3 Å². The standard InChI is InChI=1S/C19H28N2O2/c1-2-3-6-12-20-18(22)16-10-9-11-17(15-16)19(23)21-13-7-4-5-8-14-21/h9-11,15H,2-8,12-14H2,1H3,(H,20,22). The normalized spacial score (nSPS) is 15.1. The topological polar surface area (TPSA) is 49.4 Å². The van der Waals surface area contributed by atoms with Crippen molar-refractivity contribution < 1.29 is 9.59 Å². The number of carbonyl (C=O) groups excluding carboxylic acids is 2. The second-order valence-corrected chi connectivity index (χ2v) is 6.25. The highest BCUT2D eigenvalue weighted by molar-refractivity contribution is 5.99. The van der Waals surface area contributed by atoms with Crippen LogP contribution in [0.15, 0.2) is 24.3 Å². The van der Waals surface area contributed by atoms with Crippen molar-refractivity contribution in [1.82, 2.24) is 10.2 Å². The van der Waals surface area contributed by atoms with E-state index >= 15 is 0 Å². The first-order chi connectivity index (χ1) is 11.2. The molecule has 1 fully saturated rings. The molecule has 0 saturated carbocycles. The van der Waals surface area contributed by atoms with Crippen LogP contribution in [0.2, 0.25) is 0 Å². The summed E-state index contributed by atoms with van der Waals surface area (Å²) in [6.45, 7) is 4.48. The Morgan fingerprint density at radius 3 is 2.43 bits per heavy atom. The van der Waals surface area contributed by atoms with Crippen LogP contribution in [0.5, 0.6) is 0 Å². The number of nitrogens with zero attached hydrogens (tertiary/aromatic N) is 1. The van der Waals surface area contributed by atoms with E-state index in [0.29, 0.717) is 17.7 Å². The third-order valence-electron chi connectivity index (χ3n) is 4.33. The van der Waals surface area contributed by atoms with Crippen LogP contribution in [-0.2, 0) is 0 Å². The molecule has 0 bridgehead atoms. The zero-order valence-electron chi connectivity index (χ0n) is 14.1. The highest BCUT2D eigenvalue weighted by Gasteiger charge is 2.18. The van der Waals surface area contributed by atoms with E-state index in [1.165, 1.54) is 12.8 Å². The van der Waals surface area contributed by atoms with Gasteiger partial charge in [0.05, 0.1) is 0 Å². The maximum atomic E-state index is 12.6. The largest absolute Gasteiger partial charge is 0.352 e. The third kappa shape index (κ3) is 5.38. The Labute approximate surface area is 139 Å². The summed E-state index contributed by atoms with van der Waals surface area (Å²) in [4.78, 5) is 26.7. The number of unbranched alkanes of at least 4 members (excludes halogenated alkanes) is 2. The molecule has 1 aromatic rings. The van der Waals surface area contributed by atoms with E-state index in [0.717, 1.165) is 45.2 Å². The van der Waals surface area contributed by atoms with Gasteiger partial charge in [0, 0.05) is 30.8 Å². The third-order valence-corrected chi connectivity index (χ3v) is 4.33. The van der Waals surface area contributed by atoms with Crippen molar-refractivity contribution in [2.45, 2.75) is 51.9 Å². The lowest BCUT2D eigenvalue weighted by atomic mass is 10.1. The van der Waals surface area contributed by atoms with Crippen molar-refractivity contribution in [2.24, 2.45) is 0 Å². The summed E-state index contributed by atoms with van der Waals surface area (Å²) in [5.41, 5.74) is 1.19. The fourth-order valence-corrected chi connectivity index (χ4v) is 2.93. The van der Waals surface area contributed by atoms with E-state index in [2.05, 4.69) is 12.2 Å². The minimum Gasteiger partial charge on any atom is -0.352 e. The van der Waals surface area contributed by atoms with Crippen LogP contribution in [0.3, 0.4) is 0 Å². The molecule has 0 spiro atoms. The lowest BCUT2D eigenvalue weighted by Gasteiger charge is -2.20. The number of amides is 2. The molecule has 1 aliphatic rings. The average Bonchev–Trinajstić information content (AvgIpc) is 2.87. The van der Waals surface area contributed by atoms with Gasteiger partial charge in [-0.2, -0.15) is 0 Å². The molecule has 1 heterocycles. The summed E-state index contributed by atoms with van der Waals surface area (Å²) in [6, 6.07) is 7.10. The minimum atomic E-state index is -0.0911. The van der Waals surface area contributed by atoms with Crippen LogP contribution in [-0.4, -0.2) is 36.3 Å². The summed E-state index contributed by atoms with van der Waals surface area (Å²) in [5.74, 6) is -0.0425. The van der Waals surface area contributed by atoms with E-state index in [4.69, 9.17) is 0 Å². The van der Waals surface area contributed by atoms with Gasteiger partial charge in [0.25, 0.3) is 11.8 Å². The molecule has 4 heteroatoms. The Kier molecular flexibility index (Phi) is 7.11. The molecule has 0 unspecified atom stereocenters. The molecule has 2 rings (SSSR count). The van der Waals surface area contributed by atoms with Gasteiger partial charge in [-0.3, -0.25) is 9.59 Å². The van der Waals surface area contributed by atoms with Crippen LogP contribution in [0.4, 0.5) is 0 Å². The predicted octanol–water partition coefficient (Wildman–Crippen LogP) is 3.62. The number of hydrogen-bond acceptors (Lipinski definition) is 2. The Morgan fingerprint density at radius 2 is 1.74 bits per heavy atom. The van der Waals surface area contributed by atoms with Gasteiger partial charge in [-0.1, -0.05) is 38.7 Å². The minimum absolute atomic E-state index is 0.0486. The second-order valence-electron chi connectivity index (χ2n) is 6.25. The number of carbonyl (C=O) groups is 2.